The first-order valence-electron chi connectivity index (χ1n) is 3.71. The van der Waals surface area contributed by atoms with E-state index in [9.17, 15) is 4.79 Å². The maximum absolute atomic E-state index is 10.1. The number of carboxylic acid groups (broad SMARTS) is 1. The molecule has 0 aromatic heterocycles. The van der Waals surface area contributed by atoms with Crippen molar-refractivity contribution in [2.75, 3.05) is 13.1 Å². The van der Waals surface area contributed by atoms with Crippen LogP contribution in [0.25, 0.3) is 0 Å². The van der Waals surface area contributed by atoms with Crippen molar-refractivity contribution in [1.82, 2.24) is 5.32 Å². The molecule has 10 heavy (non-hydrogen) atoms. The van der Waals surface area contributed by atoms with Gasteiger partial charge in [0.25, 0.3) is 0 Å². The molecule has 0 aliphatic carbocycles. The van der Waals surface area contributed by atoms with Crippen LogP contribution in [0, 0.1) is 5.92 Å². The molecule has 1 saturated heterocycles. The van der Waals surface area contributed by atoms with E-state index < -0.39 is 5.97 Å². The van der Waals surface area contributed by atoms with E-state index in [2.05, 4.69) is 5.32 Å². The minimum absolute atomic E-state index is 0.330. The van der Waals surface area contributed by atoms with Gasteiger partial charge in [-0.1, -0.05) is 0 Å². The quantitative estimate of drug-likeness (QED) is 0.601. The van der Waals surface area contributed by atoms with Crippen molar-refractivity contribution in [2.45, 2.75) is 19.3 Å². The van der Waals surface area contributed by atoms with Crippen molar-refractivity contribution in [3.63, 3.8) is 0 Å². The molecular weight excluding hydrogens is 130 g/mol. The first-order valence-corrected chi connectivity index (χ1v) is 3.71. The smallest absolute Gasteiger partial charge is 0.303 e. The van der Waals surface area contributed by atoms with Gasteiger partial charge in [0, 0.05) is 6.42 Å². The van der Waals surface area contributed by atoms with Crippen molar-refractivity contribution in [3.8, 4) is 0 Å². The Labute approximate surface area is 60.4 Å². The molecule has 3 nitrogen and oxygen atoms in total. The van der Waals surface area contributed by atoms with Crippen molar-refractivity contribution in [2.24, 2.45) is 5.92 Å². The first kappa shape index (κ1) is 7.54. The summed E-state index contributed by atoms with van der Waals surface area (Å²) >= 11 is 0. The Morgan fingerprint density at radius 3 is 2.70 bits per heavy atom. The van der Waals surface area contributed by atoms with Gasteiger partial charge in [0.2, 0.25) is 0 Å². The minimum Gasteiger partial charge on any atom is -0.481 e. The van der Waals surface area contributed by atoms with E-state index in [1.54, 1.807) is 0 Å². The molecule has 1 fully saturated rings. The molecule has 0 atom stereocenters. The molecular formula is C7H13NO2. The van der Waals surface area contributed by atoms with E-state index in [1.165, 1.54) is 0 Å². The molecule has 0 saturated carbocycles. The van der Waals surface area contributed by atoms with Gasteiger partial charge in [-0.05, 0) is 31.8 Å². The van der Waals surface area contributed by atoms with Gasteiger partial charge in [-0.25, -0.2) is 0 Å². The average Bonchev–Trinajstić information content (AvgIpc) is 1.75. The summed E-state index contributed by atoms with van der Waals surface area (Å²) in [4.78, 5) is 10.1. The zero-order chi connectivity index (χ0) is 7.40. The molecule has 3 heteroatoms. The molecule has 1 aliphatic heterocycles. The molecule has 1 rings (SSSR count). The summed E-state index contributed by atoms with van der Waals surface area (Å²) in [5.41, 5.74) is 0. The van der Waals surface area contributed by atoms with Gasteiger partial charge in [0.05, 0.1) is 0 Å². The number of aliphatic carboxylic acids is 1. The third kappa shape index (κ3) is 2.35. The van der Waals surface area contributed by atoms with Gasteiger partial charge < -0.3 is 10.4 Å². The molecule has 0 unspecified atom stereocenters. The molecule has 1 heterocycles. The molecule has 0 bridgehead atoms. The standard InChI is InChI=1S/C7H13NO2/c9-7(10)3-1-2-6-4-8-5-6/h6,8H,1-5H2,(H,9,10). The normalized spacial score (nSPS) is 18.4. The Balaban J connectivity index is 1.89. The van der Waals surface area contributed by atoms with Crippen molar-refractivity contribution in [3.05, 3.63) is 0 Å². The fourth-order valence-corrected chi connectivity index (χ4v) is 1.09. The summed E-state index contributed by atoms with van der Waals surface area (Å²) < 4.78 is 0. The van der Waals surface area contributed by atoms with Crippen LogP contribution in [0.2, 0.25) is 0 Å². The van der Waals surface area contributed by atoms with Gasteiger partial charge in [0.15, 0.2) is 0 Å². The van der Waals surface area contributed by atoms with Crippen LogP contribution in [0.15, 0.2) is 0 Å². The van der Waals surface area contributed by atoms with E-state index >= 15 is 0 Å². The van der Waals surface area contributed by atoms with E-state index in [1.807, 2.05) is 0 Å². The van der Waals surface area contributed by atoms with Crippen LogP contribution >= 0.6 is 0 Å². The van der Waals surface area contributed by atoms with E-state index in [4.69, 9.17) is 5.11 Å². The second-order valence-electron chi connectivity index (χ2n) is 2.81. The Bertz CT molecular complexity index is 121. The van der Waals surface area contributed by atoms with Gasteiger partial charge in [0.1, 0.15) is 0 Å². The summed E-state index contributed by atoms with van der Waals surface area (Å²) in [7, 11) is 0. The van der Waals surface area contributed by atoms with Gasteiger partial charge in [-0.2, -0.15) is 0 Å². The van der Waals surface area contributed by atoms with Crippen LogP contribution in [0.5, 0.6) is 0 Å². The lowest BCUT2D eigenvalue weighted by molar-refractivity contribution is -0.137. The Morgan fingerprint density at radius 2 is 2.30 bits per heavy atom. The highest BCUT2D eigenvalue weighted by Gasteiger charge is 2.15. The van der Waals surface area contributed by atoms with Gasteiger partial charge in [-0.3, -0.25) is 4.79 Å². The average molecular weight is 143 g/mol. The number of nitrogens with one attached hydrogen (secondary N) is 1. The molecule has 0 aromatic rings. The Morgan fingerprint density at radius 1 is 1.60 bits per heavy atom. The summed E-state index contributed by atoms with van der Waals surface area (Å²) in [6.07, 6.45) is 2.23. The molecule has 0 radical (unpaired) electrons. The van der Waals surface area contributed by atoms with Crippen molar-refractivity contribution in [1.29, 1.82) is 0 Å². The van der Waals surface area contributed by atoms with E-state index in [0.29, 0.717) is 6.42 Å². The summed E-state index contributed by atoms with van der Waals surface area (Å²) in [6, 6.07) is 0. The summed E-state index contributed by atoms with van der Waals surface area (Å²) in [5, 5.41) is 11.5. The van der Waals surface area contributed by atoms with Gasteiger partial charge in [-0.15, -0.1) is 0 Å². The number of hydrogen-bond donors (Lipinski definition) is 2. The Kier molecular flexibility index (Phi) is 2.68. The van der Waals surface area contributed by atoms with Crippen LogP contribution in [-0.2, 0) is 4.79 Å². The van der Waals surface area contributed by atoms with Crippen LogP contribution in [-0.4, -0.2) is 24.2 Å². The molecule has 0 aromatic carbocycles. The van der Waals surface area contributed by atoms with Crippen molar-refractivity contribution >= 4 is 5.97 Å². The van der Waals surface area contributed by atoms with E-state index in [0.717, 1.165) is 31.8 Å². The van der Waals surface area contributed by atoms with E-state index in [-0.39, 0.29) is 0 Å². The predicted octanol–water partition coefficient (Wildman–Crippen LogP) is 0.461. The second kappa shape index (κ2) is 3.56. The largest absolute Gasteiger partial charge is 0.481 e. The SMILES string of the molecule is O=C(O)CCCC1CNC1. The molecule has 58 valence electrons. The lowest BCUT2D eigenvalue weighted by atomic mass is 9.97. The lowest BCUT2D eigenvalue weighted by Gasteiger charge is -2.26. The fourth-order valence-electron chi connectivity index (χ4n) is 1.09. The third-order valence-electron chi connectivity index (χ3n) is 1.87. The zero-order valence-electron chi connectivity index (χ0n) is 5.97. The maximum Gasteiger partial charge on any atom is 0.303 e. The number of carbonyl (C=O) groups is 1. The van der Waals surface area contributed by atoms with Crippen molar-refractivity contribution < 1.29 is 9.90 Å². The minimum atomic E-state index is -0.674. The maximum atomic E-state index is 10.1. The summed E-state index contributed by atoms with van der Waals surface area (Å²) in [5.74, 6) is 0.0756. The monoisotopic (exact) mass is 143 g/mol. The first-order chi connectivity index (χ1) is 4.79. The topological polar surface area (TPSA) is 49.3 Å². The fraction of sp³-hybridized carbons (Fsp3) is 0.857. The number of carboxylic acids is 1. The highest BCUT2D eigenvalue weighted by molar-refractivity contribution is 5.66. The van der Waals surface area contributed by atoms with Crippen LogP contribution in [0.3, 0.4) is 0 Å². The van der Waals surface area contributed by atoms with Crippen LogP contribution in [0.4, 0.5) is 0 Å². The van der Waals surface area contributed by atoms with Crippen LogP contribution < -0.4 is 5.32 Å². The second-order valence-corrected chi connectivity index (χ2v) is 2.81. The highest BCUT2D eigenvalue weighted by atomic mass is 16.4. The van der Waals surface area contributed by atoms with Crippen LogP contribution in [0.1, 0.15) is 19.3 Å². The summed E-state index contributed by atoms with van der Waals surface area (Å²) in [6.45, 7) is 2.17. The molecule has 0 spiro atoms. The number of hydrogen-bond acceptors (Lipinski definition) is 2. The Hall–Kier alpha value is -0.570. The predicted molar refractivity (Wildman–Crippen MR) is 37.8 cm³/mol. The molecule has 0 amide bonds. The highest BCUT2D eigenvalue weighted by Crippen LogP contribution is 2.11. The third-order valence-corrected chi connectivity index (χ3v) is 1.87. The number of rotatable bonds is 4. The molecule has 2 N–H and O–H groups in total. The zero-order valence-corrected chi connectivity index (χ0v) is 5.97. The molecule has 1 aliphatic rings. The van der Waals surface area contributed by atoms with Gasteiger partial charge >= 0.3 is 5.97 Å². The lowest BCUT2D eigenvalue weighted by Crippen LogP contribution is -2.41.